The van der Waals surface area contributed by atoms with Gasteiger partial charge in [0.05, 0.1) is 15.9 Å². The molecule has 6 heteroatoms. The van der Waals surface area contributed by atoms with E-state index in [2.05, 4.69) is 31.0 Å². The van der Waals surface area contributed by atoms with Gasteiger partial charge in [0.1, 0.15) is 11.6 Å². The quantitative estimate of drug-likeness (QED) is 0.867. The fourth-order valence-electron chi connectivity index (χ4n) is 1.53. The molecular weight excluding hydrogens is 270 g/mol. The van der Waals surface area contributed by atoms with Crippen LogP contribution in [-0.4, -0.2) is 19.7 Å². The molecule has 84 valence electrons. The first-order valence-corrected chi connectivity index (χ1v) is 5.61. The molecule has 0 saturated heterocycles. The van der Waals surface area contributed by atoms with Crippen LogP contribution in [0, 0.1) is 20.8 Å². The maximum absolute atomic E-state index is 5.69. The lowest BCUT2D eigenvalue weighted by Crippen LogP contribution is -2.06. The second-order valence-electron chi connectivity index (χ2n) is 3.59. The fourth-order valence-corrected chi connectivity index (χ4v) is 1.78. The van der Waals surface area contributed by atoms with Crippen molar-refractivity contribution in [3.63, 3.8) is 0 Å². The van der Waals surface area contributed by atoms with Crippen molar-refractivity contribution in [1.82, 2.24) is 19.7 Å². The molecule has 2 N–H and O–H groups in total. The molecule has 0 aliphatic heterocycles. The molecule has 0 amide bonds. The average molecular weight is 282 g/mol. The molecule has 0 radical (unpaired) electrons. The van der Waals surface area contributed by atoms with Crippen molar-refractivity contribution in [2.24, 2.45) is 0 Å². The maximum Gasteiger partial charge on any atom is 0.159 e. The molecule has 2 rings (SSSR count). The van der Waals surface area contributed by atoms with Crippen LogP contribution in [-0.2, 0) is 0 Å². The summed E-state index contributed by atoms with van der Waals surface area (Å²) in [6.45, 7) is 5.71. The Balaban J connectivity index is 2.62. The minimum Gasteiger partial charge on any atom is -0.384 e. The summed E-state index contributed by atoms with van der Waals surface area (Å²) in [6.07, 6.45) is 0. The third-order valence-corrected chi connectivity index (χ3v) is 3.41. The Kier molecular flexibility index (Phi) is 2.67. The van der Waals surface area contributed by atoms with E-state index < -0.39 is 0 Å². The summed E-state index contributed by atoms with van der Waals surface area (Å²) in [5.74, 6) is 1.78. The van der Waals surface area contributed by atoms with Gasteiger partial charge < -0.3 is 5.73 Å². The van der Waals surface area contributed by atoms with Crippen LogP contribution in [0.2, 0.25) is 0 Å². The minimum absolute atomic E-state index is 0.450. The molecule has 0 saturated carbocycles. The number of nitrogen functional groups attached to an aromatic ring is 1. The number of rotatable bonds is 1. The van der Waals surface area contributed by atoms with E-state index in [9.17, 15) is 0 Å². The van der Waals surface area contributed by atoms with Crippen LogP contribution in [0.4, 0.5) is 5.82 Å². The van der Waals surface area contributed by atoms with Gasteiger partial charge in [0, 0.05) is 6.07 Å². The van der Waals surface area contributed by atoms with E-state index in [0.717, 1.165) is 15.9 Å². The molecule has 0 spiro atoms. The second kappa shape index (κ2) is 3.86. The van der Waals surface area contributed by atoms with Crippen LogP contribution in [0.1, 0.15) is 17.2 Å². The Morgan fingerprint density at radius 2 is 1.94 bits per heavy atom. The summed E-state index contributed by atoms with van der Waals surface area (Å²) in [6, 6.07) is 1.71. The monoisotopic (exact) mass is 281 g/mol. The normalized spacial score (nSPS) is 10.8. The van der Waals surface area contributed by atoms with Gasteiger partial charge in [0.25, 0.3) is 0 Å². The predicted octanol–water partition coefficient (Wildman–Crippen LogP) is 1.93. The van der Waals surface area contributed by atoms with Gasteiger partial charge in [0.2, 0.25) is 0 Å². The Labute approximate surface area is 102 Å². The summed E-state index contributed by atoms with van der Waals surface area (Å²) >= 11 is 3.48. The number of hydrogen-bond donors (Lipinski definition) is 1. The van der Waals surface area contributed by atoms with Gasteiger partial charge in [0.15, 0.2) is 5.82 Å². The van der Waals surface area contributed by atoms with Crippen molar-refractivity contribution in [3.05, 3.63) is 27.8 Å². The summed E-state index contributed by atoms with van der Waals surface area (Å²) in [7, 11) is 0. The van der Waals surface area contributed by atoms with Crippen molar-refractivity contribution >= 4 is 21.7 Å². The van der Waals surface area contributed by atoms with E-state index in [0.29, 0.717) is 17.5 Å². The molecule has 0 unspecified atom stereocenters. The van der Waals surface area contributed by atoms with Crippen molar-refractivity contribution in [3.8, 4) is 5.82 Å². The lowest BCUT2D eigenvalue weighted by atomic mass is 10.4. The zero-order chi connectivity index (χ0) is 11.9. The van der Waals surface area contributed by atoms with Crippen LogP contribution >= 0.6 is 15.9 Å². The highest BCUT2D eigenvalue weighted by atomic mass is 79.9. The summed E-state index contributed by atoms with van der Waals surface area (Å²) < 4.78 is 2.74. The molecule has 0 bridgehead atoms. The third-order valence-electron chi connectivity index (χ3n) is 2.26. The largest absolute Gasteiger partial charge is 0.384 e. The Morgan fingerprint density at radius 3 is 2.44 bits per heavy atom. The van der Waals surface area contributed by atoms with Gasteiger partial charge in [-0.05, 0) is 36.7 Å². The summed E-state index contributed by atoms with van der Waals surface area (Å²) in [5.41, 5.74) is 7.61. The number of anilines is 1. The SMILES string of the molecule is Cc1nc(N)cc(-n2nc(C)c(Br)c2C)n1. The van der Waals surface area contributed by atoms with Crippen molar-refractivity contribution in [2.75, 3.05) is 5.73 Å². The molecule has 2 aromatic rings. The van der Waals surface area contributed by atoms with Gasteiger partial charge in [-0.25, -0.2) is 14.6 Å². The lowest BCUT2D eigenvalue weighted by Gasteiger charge is -2.05. The van der Waals surface area contributed by atoms with E-state index in [1.165, 1.54) is 0 Å². The Hall–Kier alpha value is -1.43. The number of hydrogen-bond acceptors (Lipinski definition) is 4. The van der Waals surface area contributed by atoms with Crippen molar-refractivity contribution < 1.29 is 0 Å². The van der Waals surface area contributed by atoms with E-state index >= 15 is 0 Å². The van der Waals surface area contributed by atoms with Gasteiger partial charge in [-0.3, -0.25) is 0 Å². The first kappa shape index (κ1) is 11.1. The van der Waals surface area contributed by atoms with Gasteiger partial charge in [-0.1, -0.05) is 0 Å². The fraction of sp³-hybridized carbons (Fsp3) is 0.300. The highest BCUT2D eigenvalue weighted by Gasteiger charge is 2.11. The number of nitrogens with zero attached hydrogens (tertiary/aromatic N) is 4. The van der Waals surface area contributed by atoms with Gasteiger partial charge >= 0.3 is 0 Å². The second-order valence-corrected chi connectivity index (χ2v) is 4.39. The van der Waals surface area contributed by atoms with Crippen LogP contribution in [0.3, 0.4) is 0 Å². The summed E-state index contributed by atoms with van der Waals surface area (Å²) in [4.78, 5) is 8.34. The van der Waals surface area contributed by atoms with E-state index in [-0.39, 0.29) is 0 Å². The number of aromatic nitrogens is 4. The predicted molar refractivity (Wildman–Crippen MR) is 65.5 cm³/mol. The minimum atomic E-state index is 0.450. The summed E-state index contributed by atoms with van der Waals surface area (Å²) in [5, 5.41) is 4.39. The lowest BCUT2D eigenvalue weighted by molar-refractivity contribution is 0.794. The maximum atomic E-state index is 5.69. The van der Waals surface area contributed by atoms with Gasteiger partial charge in [-0.15, -0.1) is 0 Å². The van der Waals surface area contributed by atoms with Crippen LogP contribution < -0.4 is 5.73 Å². The number of aryl methyl sites for hydroxylation is 2. The standard InChI is InChI=1S/C10H12BrN5/c1-5-10(11)6(2)16(15-5)9-4-8(12)13-7(3)14-9/h4H,1-3H3,(H2,12,13,14). The van der Waals surface area contributed by atoms with E-state index in [1.807, 2.05) is 13.8 Å². The topological polar surface area (TPSA) is 69.6 Å². The van der Waals surface area contributed by atoms with E-state index in [1.54, 1.807) is 17.7 Å². The van der Waals surface area contributed by atoms with Gasteiger partial charge in [-0.2, -0.15) is 5.10 Å². The molecule has 0 fully saturated rings. The molecule has 2 heterocycles. The first-order valence-electron chi connectivity index (χ1n) is 4.82. The first-order chi connectivity index (χ1) is 7.49. The van der Waals surface area contributed by atoms with Crippen molar-refractivity contribution in [2.45, 2.75) is 20.8 Å². The van der Waals surface area contributed by atoms with Crippen LogP contribution in [0.15, 0.2) is 10.5 Å². The molecular formula is C10H12BrN5. The van der Waals surface area contributed by atoms with Crippen LogP contribution in [0.25, 0.3) is 5.82 Å². The Morgan fingerprint density at radius 1 is 1.25 bits per heavy atom. The average Bonchev–Trinajstić information content (AvgIpc) is 2.44. The zero-order valence-corrected chi connectivity index (χ0v) is 10.9. The molecule has 0 aliphatic carbocycles. The molecule has 0 aromatic carbocycles. The molecule has 2 aromatic heterocycles. The van der Waals surface area contributed by atoms with Crippen LogP contribution in [0.5, 0.6) is 0 Å². The highest BCUT2D eigenvalue weighted by Crippen LogP contribution is 2.22. The number of nitrogens with two attached hydrogens (primary N) is 1. The zero-order valence-electron chi connectivity index (χ0n) is 9.32. The molecule has 0 atom stereocenters. The molecule has 0 aliphatic rings. The smallest absolute Gasteiger partial charge is 0.159 e. The highest BCUT2D eigenvalue weighted by molar-refractivity contribution is 9.10. The third kappa shape index (κ3) is 1.80. The molecule has 5 nitrogen and oxygen atoms in total. The number of halogens is 1. The molecule has 16 heavy (non-hydrogen) atoms. The Bertz CT molecular complexity index is 526. The van der Waals surface area contributed by atoms with Crippen molar-refractivity contribution in [1.29, 1.82) is 0 Å². The van der Waals surface area contributed by atoms with E-state index in [4.69, 9.17) is 5.73 Å².